The minimum absolute atomic E-state index is 0.0416. The maximum atomic E-state index is 12.5. The fourth-order valence-electron chi connectivity index (χ4n) is 1.83. The number of rotatable bonds is 5. The van der Waals surface area contributed by atoms with Crippen molar-refractivity contribution < 1.29 is 9.53 Å². The third-order valence-corrected chi connectivity index (χ3v) is 4.56. The maximum Gasteiger partial charge on any atom is 0.257 e. The lowest BCUT2D eigenvalue weighted by atomic mass is 9.93. The van der Waals surface area contributed by atoms with Crippen LogP contribution in [0.25, 0.3) is 0 Å². The summed E-state index contributed by atoms with van der Waals surface area (Å²) in [6.07, 6.45) is 0. The standard InChI is InChI=1S/C18H23ClN2O2S/c1-17(2,3)14-11-24-16(20-14)21-15(22)18(4,5)23-10-12-6-8-13(19)9-7-12/h6-9,11H,10H2,1-5H3,(H,20,21,22). The first-order valence-corrected chi connectivity index (χ1v) is 8.99. The first kappa shape index (κ1) is 18.9. The highest BCUT2D eigenvalue weighted by atomic mass is 35.5. The van der Waals surface area contributed by atoms with Crippen molar-refractivity contribution in [1.82, 2.24) is 4.98 Å². The van der Waals surface area contributed by atoms with Crippen LogP contribution in [0.1, 0.15) is 45.9 Å². The van der Waals surface area contributed by atoms with Crippen molar-refractivity contribution in [3.8, 4) is 0 Å². The van der Waals surface area contributed by atoms with Gasteiger partial charge in [0.05, 0.1) is 12.3 Å². The van der Waals surface area contributed by atoms with Gasteiger partial charge in [-0.15, -0.1) is 11.3 Å². The molecule has 0 radical (unpaired) electrons. The first-order valence-electron chi connectivity index (χ1n) is 7.74. The highest BCUT2D eigenvalue weighted by Crippen LogP contribution is 2.27. The quantitative estimate of drug-likeness (QED) is 0.807. The minimum Gasteiger partial charge on any atom is -0.361 e. The number of carbonyl (C=O) groups excluding carboxylic acids is 1. The van der Waals surface area contributed by atoms with E-state index in [0.717, 1.165) is 11.3 Å². The zero-order chi connectivity index (χ0) is 18.0. The summed E-state index contributed by atoms with van der Waals surface area (Å²) >= 11 is 7.29. The van der Waals surface area contributed by atoms with E-state index >= 15 is 0 Å². The second kappa shape index (κ2) is 7.21. The molecule has 0 saturated heterocycles. The van der Waals surface area contributed by atoms with Crippen LogP contribution < -0.4 is 5.32 Å². The fraction of sp³-hybridized carbons (Fsp3) is 0.444. The number of nitrogens with one attached hydrogen (secondary N) is 1. The average Bonchev–Trinajstić information content (AvgIpc) is 2.95. The molecule has 24 heavy (non-hydrogen) atoms. The predicted octanol–water partition coefficient (Wildman–Crippen LogP) is 5.03. The Balaban J connectivity index is 1.96. The van der Waals surface area contributed by atoms with E-state index in [1.807, 2.05) is 17.5 Å². The summed E-state index contributed by atoms with van der Waals surface area (Å²) in [4.78, 5) is 17.0. The molecule has 0 atom stereocenters. The summed E-state index contributed by atoms with van der Waals surface area (Å²) in [6.45, 7) is 10.1. The Kier molecular flexibility index (Phi) is 5.68. The summed E-state index contributed by atoms with van der Waals surface area (Å²) in [7, 11) is 0. The van der Waals surface area contributed by atoms with Crippen LogP contribution in [0.5, 0.6) is 0 Å². The molecule has 2 rings (SSSR count). The topological polar surface area (TPSA) is 51.2 Å². The molecule has 0 bridgehead atoms. The van der Waals surface area contributed by atoms with Gasteiger partial charge in [0, 0.05) is 15.8 Å². The van der Waals surface area contributed by atoms with Crippen LogP contribution >= 0.6 is 22.9 Å². The number of carbonyl (C=O) groups is 1. The summed E-state index contributed by atoms with van der Waals surface area (Å²) in [6, 6.07) is 7.37. The smallest absolute Gasteiger partial charge is 0.257 e. The van der Waals surface area contributed by atoms with Gasteiger partial charge in [0.15, 0.2) is 5.13 Å². The third-order valence-electron chi connectivity index (χ3n) is 3.55. The predicted molar refractivity (Wildman–Crippen MR) is 99.8 cm³/mol. The van der Waals surface area contributed by atoms with Gasteiger partial charge in [-0.25, -0.2) is 4.98 Å². The van der Waals surface area contributed by atoms with Crippen molar-refractivity contribution in [3.05, 3.63) is 45.9 Å². The molecule has 0 aliphatic heterocycles. The van der Waals surface area contributed by atoms with Gasteiger partial charge >= 0.3 is 0 Å². The van der Waals surface area contributed by atoms with E-state index < -0.39 is 5.60 Å². The third kappa shape index (κ3) is 5.03. The first-order chi connectivity index (χ1) is 11.1. The highest BCUT2D eigenvalue weighted by Gasteiger charge is 2.29. The molecule has 4 nitrogen and oxygen atoms in total. The molecule has 0 aliphatic rings. The van der Waals surface area contributed by atoms with Gasteiger partial charge in [0.25, 0.3) is 5.91 Å². The fourth-order valence-corrected chi connectivity index (χ4v) is 2.89. The number of nitrogens with zero attached hydrogens (tertiary/aromatic N) is 1. The summed E-state index contributed by atoms with van der Waals surface area (Å²) in [5.74, 6) is -0.216. The minimum atomic E-state index is -0.965. The Morgan fingerprint density at radius 3 is 2.38 bits per heavy atom. The number of ether oxygens (including phenoxy) is 1. The van der Waals surface area contributed by atoms with Gasteiger partial charge in [-0.3, -0.25) is 10.1 Å². The Morgan fingerprint density at radius 2 is 1.83 bits per heavy atom. The van der Waals surface area contributed by atoms with Crippen molar-refractivity contribution in [2.45, 2.75) is 52.2 Å². The second-order valence-corrected chi connectivity index (χ2v) is 8.46. The van der Waals surface area contributed by atoms with Crippen molar-refractivity contribution in [2.75, 3.05) is 5.32 Å². The molecule has 1 aromatic carbocycles. The zero-order valence-corrected chi connectivity index (χ0v) is 16.2. The van der Waals surface area contributed by atoms with Gasteiger partial charge in [0.2, 0.25) is 0 Å². The molecule has 1 N–H and O–H groups in total. The lowest BCUT2D eigenvalue weighted by Crippen LogP contribution is -2.39. The number of hydrogen-bond donors (Lipinski definition) is 1. The summed E-state index contributed by atoms with van der Waals surface area (Å²) in [5, 5.41) is 6.08. The van der Waals surface area contributed by atoms with Crippen molar-refractivity contribution in [3.63, 3.8) is 0 Å². The van der Waals surface area contributed by atoms with Gasteiger partial charge in [0.1, 0.15) is 5.60 Å². The Morgan fingerprint density at radius 1 is 1.21 bits per heavy atom. The number of halogens is 1. The number of hydrogen-bond acceptors (Lipinski definition) is 4. The van der Waals surface area contributed by atoms with E-state index in [4.69, 9.17) is 16.3 Å². The Labute approximate surface area is 152 Å². The van der Waals surface area contributed by atoms with E-state index in [-0.39, 0.29) is 11.3 Å². The van der Waals surface area contributed by atoms with E-state index in [1.165, 1.54) is 11.3 Å². The number of aromatic nitrogens is 1. The SMILES string of the molecule is CC(C)(OCc1ccc(Cl)cc1)C(=O)Nc1nc(C(C)(C)C)cs1. The van der Waals surface area contributed by atoms with Crippen LogP contribution in [0.3, 0.4) is 0 Å². The zero-order valence-electron chi connectivity index (χ0n) is 14.6. The summed E-state index contributed by atoms with van der Waals surface area (Å²) in [5.41, 5.74) is 0.917. The van der Waals surface area contributed by atoms with E-state index in [2.05, 4.69) is 31.1 Å². The second-order valence-electron chi connectivity index (χ2n) is 7.17. The number of amides is 1. The molecule has 0 spiro atoms. The normalized spacial score (nSPS) is 12.2. The molecule has 1 amide bonds. The molecule has 0 saturated carbocycles. The number of thiazole rings is 1. The van der Waals surface area contributed by atoms with Crippen molar-refractivity contribution >= 4 is 34.0 Å². The van der Waals surface area contributed by atoms with Gasteiger partial charge in [-0.05, 0) is 31.5 Å². The molecule has 0 aliphatic carbocycles. The van der Waals surface area contributed by atoms with E-state index in [1.54, 1.807) is 26.0 Å². The van der Waals surface area contributed by atoms with Crippen LogP contribution in [0.15, 0.2) is 29.6 Å². The lowest BCUT2D eigenvalue weighted by molar-refractivity contribution is -0.138. The molecule has 1 aromatic heterocycles. The van der Waals surface area contributed by atoms with Crippen LogP contribution in [0.2, 0.25) is 5.02 Å². The van der Waals surface area contributed by atoms with Gasteiger partial charge in [-0.1, -0.05) is 44.5 Å². The molecule has 0 fully saturated rings. The van der Waals surface area contributed by atoms with Gasteiger partial charge in [-0.2, -0.15) is 0 Å². The molecule has 1 heterocycles. The largest absolute Gasteiger partial charge is 0.361 e. The van der Waals surface area contributed by atoms with Crippen molar-refractivity contribution in [2.24, 2.45) is 0 Å². The highest BCUT2D eigenvalue weighted by molar-refractivity contribution is 7.14. The molecule has 0 unspecified atom stereocenters. The Hall–Kier alpha value is -1.43. The maximum absolute atomic E-state index is 12.5. The van der Waals surface area contributed by atoms with E-state index in [0.29, 0.717) is 16.8 Å². The van der Waals surface area contributed by atoms with Crippen LogP contribution in [0, 0.1) is 0 Å². The number of benzene rings is 1. The van der Waals surface area contributed by atoms with E-state index in [9.17, 15) is 4.79 Å². The monoisotopic (exact) mass is 366 g/mol. The summed E-state index contributed by atoms with van der Waals surface area (Å²) < 4.78 is 5.79. The molecule has 6 heteroatoms. The molecular formula is C18H23ClN2O2S. The molecule has 2 aromatic rings. The Bertz CT molecular complexity index is 703. The number of anilines is 1. The molecule has 130 valence electrons. The van der Waals surface area contributed by atoms with Crippen LogP contribution in [0.4, 0.5) is 5.13 Å². The van der Waals surface area contributed by atoms with Crippen molar-refractivity contribution in [1.29, 1.82) is 0 Å². The average molecular weight is 367 g/mol. The lowest BCUT2D eigenvalue weighted by Gasteiger charge is -2.23. The van der Waals surface area contributed by atoms with Gasteiger partial charge < -0.3 is 4.74 Å². The molecular weight excluding hydrogens is 344 g/mol. The van der Waals surface area contributed by atoms with Crippen LogP contribution in [-0.2, 0) is 21.6 Å². The van der Waals surface area contributed by atoms with Crippen LogP contribution in [-0.4, -0.2) is 16.5 Å².